The van der Waals surface area contributed by atoms with Crippen molar-refractivity contribution < 1.29 is 4.74 Å². The number of anilines is 1. The Morgan fingerprint density at radius 1 is 1.05 bits per heavy atom. The molecule has 0 saturated carbocycles. The molecule has 2 aromatic carbocycles. The molecule has 21 heavy (non-hydrogen) atoms. The first-order valence-corrected chi connectivity index (χ1v) is 7.84. The van der Waals surface area contributed by atoms with Crippen molar-refractivity contribution in [3.63, 3.8) is 0 Å². The Labute approximate surface area is 136 Å². The van der Waals surface area contributed by atoms with Crippen LogP contribution >= 0.6 is 23.2 Å². The molecule has 0 aromatic heterocycles. The largest absolute Gasteiger partial charge is 0.492 e. The van der Waals surface area contributed by atoms with Crippen molar-refractivity contribution in [2.45, 2.75) is 26.3 Å². The fourth-order valence-corrected chi connectivity index (χ4v) is 2.51. The summed E-state index contributed by atoms with van der Waals surface area (Å²) in [6.45, 7) is 4.75. The number of hydrogen-bond acceptors (Lipinski definition) is 2. The highest BCUT2D eigenvalue weighted by Crippen LogP contribution is 2.32. The summed E-state index contributed by atoms with van der Waals surface area (Å²) in [7, 11) is 0. The van der Waals surface area contributed by atoms with E-state index in [2.05, 4.69) is 12.2 Å². The second-order valence-corrected chi connectivity index (χ2v) is 5.52. The van der Waals surface area contributed by atoms with Gasteiger partial charge in [-0.3, -0.25) is 0 Å². The second kappa shape index (κ2) is 7.58. The van der Waals surface area contributed by atoms with Gasteiger partial charge in [-0.25, -0.2) is 0 Å². The number of nitrogens with one attached hydrogen (secondary N) is 1. The summed E-state index contributed by atoms with van der Waals surface area (Å²) in [5.74, 6) is 0.860. The van der Waals surface area contributed by atoms with Crippen LogP contribution in [0.3, 0.4) is 0 Å². The highest BCUT2D eigenvalue weighted by molar-refractivity contribution is 6.42. The van der Waals surface area contributed by atoms with Gasteiger partial charge >= 0.3 is 0 Å². The Hall–Kier alpha value is -1.38. The van der Waals surface area contributed by atoms with Gasteiger partial charge in [0.2, 0.25) is 0 Å². The van der Waals surface area contributed by atoms with Crippen LogP contribution in [-0.4, -0.2) is 6.61 Å². The monoisotopic (exact) mass is 323 g/mol. The summed E-state index contributed by atoms with van der Waals surface area (Å²) in [4.78, 5) is 0. The maximum atomic E-state index is 6.11. The maximum absolute atomic E-state index is 6.11. The van der Waals surface area contributed by atoms with E-state index in [1.807, 2.05) is 49.4 Å². The lowest BCUT2D eigenvalue weighted by Crippen LogP contribution is -2.11. The minimum atomic E-state index is 0.154. The van der Waals surface area contributed by atoms with E-state index in [4.69, 9.17) is 27.9 Å². The molecule has 2 rings (SSSR count). The molecule has 0 aliphatic heterocycles. The molecule has 0 radical (unpaired) electrons. The van der Waals surface area contributed by atoms with E-state index in [9.17, 15) is 0 Å². The van der Waals surface area contributed by atoms with Gasteiger partial charge in [-0.1, -0.05) is 48.3 Å². The number of benzene rings is 2. The lowest BCUT2D eigenvalue weighted by atomic mass is 10.0. The summed E-state index contributed by atoms with van der Waals surface area (Å²) < 4.78 is 5.65. The molecule has 2 aromatic rings. The van der Waals surface area contributed by atoms with E-state index < -0.39 is 0 Å². The predicted molar refractivity (Wildman–Crippen MR) is 90.7 cm³/mol. The van der Waals surface area contributed by atoms with Gasteiger partial charge in [-0.15, -0.1) is 0 Å². The van der Waals surface area contributed by atoms with Crippen LogP contribution in [0.15, 0.2) is 42.5 Å². The first-order chi connectivity index (χ1) is 10.2. The third-order valence-corrected chi connectivity index (χ3v) is 4.01. The van der Waals surface area contributed by atoms with Crippen molar-refractivity contribution in [1.29, 1.82) is 0 Å². The second-order valence-electron chi connectivity index (χ2n) is 4.71. The molecule has 0 aliphatic carbocycles. The van der Waals surface area contributed by atoms with Crippen molar-refractivity contribution in [1.82, 2.24) is 0 Å². The molecule has 0 fully saturated rings. The van der Waals surface area contributed by atoms with Crippen LogP contribution in [0, 0.1) is 0 Å². The molecule has 0 aliphatic rings. The van der Waals surface area contributed by atoms with Crippen LogP contribution in [0.5, 0.6) is 5.75 Å². The lowest BCUT2D eigenvalue weighted by molar-refractivity contribution is 0.341. The molecule has 1 N–H and O–H groups in total. The van der Waals surface area contributed by atoms with Gasteiger partial charge in [0.25, 0.3) is 0 Å². The topological polar surface area (TPSA) is 21.3 Å². The van der Waals surface area contributed by atoms with Crippen molar-refractivity contribution >= 4 is 28.9 Å². The summed E-state index contributed by atoms with van der Waals surface area (Å²) >= 11 is 12.1. The number of para-hydroxylation sites is 2. The van der Waals surface area contributed by atoms with E-state index in [1.54, 1.807) is 0 Å². The van der Waals surface area contributed by atoms with Crippen molar-refractivity contribution in [3.8, 4) is 5.75 Å². The van der Waals surface area contributed by atoms with Crippen molar-refractivity contribution in [3.05, 3.63) is 58.1 Å². The van der Waals surface area contributed by atoms with Gasteiger partial charge in [0.05, 0.1) is 28.4 Å². The Bertz CT molecular complexity index is 601. The van der Waals surface area contributed by atoms with E-state index >= 15 is 0 Å². The maximum Gasteiger partial charge on any atom is 0.142 e. The lowest BCUT2D eigenvalue weighted by Gasteiger charge is -2.21. The van der Waals surface area contributed by atoms with Crippen LogP contribution in [0.1, 0.15) is 31.9 Å². The molecule has 112 valence electrons. The molecule has 0 spiro atoms. The van der Waals surface area contributed by atoms with Crippen molar-refractivity contribution in [2.24, 2.45) is 0 Å². The summed E-state index contributed by atoms with van der Waals surface area (Å²) in [6, 6.07) is 13.8. The first kappa shape index (κ1) is 16.0. The summed E-state index contributed by atoms with van der Waals surface area (Å²) in [6.07, 6.45) is 0.929. The van der Waals surface area contributed by atoms with Crippen molar-refractivity contribution in [2.75, 3.05) is 11.9 Å². The molecule has 0 amide bonds. The van der Waals surface area contributed by atoms with Gasteiger partial charge in [0, 0.05) is 0 Å². The molecule has 2 nitrogen and oxygen atoms in total. The molecular formula is C17H19Cl2NO. The normalized spacial score (nSPS) is 12.0. The smallest absolute Gasteiger partial charge is 0.142 e. The van der Waals surface area contributed by atoms with Crippen LogP contribution in [-0.2, 0) is 0 Å². The van der Waals surface area contributed by atoms with Gasteiger partial charge in [-0.2, -0.15) is 0 Å². The Morgan fingerprint density at radius 2 is 1.81 bits per heavy atom. The molecule has 0 heterocycles. The third-order valence-electron chi connectivity index (χ3n) is 3.27. The fraction of sp³-hybridized carbons (Fsp3) is 0.294. The number of ether oxygens (including phenoxy) is 1. The molecule has 4 heteroatoms. The SMILES string of the molecule is CCOc1ccccc1NC(CC)c1ccc(Cl)c(Cl)c1. The molecule has 1 unspecified atom stereocenters. The van der Waals surface area contributed by atoms with E-state index in [-0.39, 0.29) is 6.04 Å². The van der Waals surface area contributed by atoms with Crippen LogP contribution in [0.4, 0.5) is 5.69 Å². The number of rotatable bonds is 6. The number of hydrogen-bond donors (Lipinski definition) is 1. The Morgan fingerprint density at radius 3 is 2.48 bits per heavy atom. The molecule has 1 atom stereocenters. The van der Waals surface area contributed by atoms with Gasteiger partial charge in [-0.05, 0) is 43.2 Å². The van der Waals surface area contributed by atoms with E-state index in [1.165, 1.54) is 0 Å². The van der Waals surface area contributed by atoms with Crippen LogP contribution in [0.25, 0.3) is 0 Å². The Kier molecular flexibility index (Phi) is 5.77. The summed E-state index contributed by atoms with van der Waals surface area (Å²) in [5.41, 5.74) is 2.09. The third kappa shape index (κ3) is 4.05. The van der Waals surface area contributed by atoms with Crippen LogP contribution < -0.4 is 10.1 Å². The van der Waals surface area contributed by atoms with E-state index in [0.29, 0.717) is 16.7 Å². The fourth-order valence-electron chi connectivity index (χ4n) is 2.21. The quantitative estimate of drug-likeness (QED) is 0.708. The zero-order chi connectivity index (χ0) is 15.2. The average molecular weight is 324 g/mol. The standard InChI is InChI=1S/C17H19Cl2NO/c1-3-15(12-9-10-13(18)14(19)11-12)20-16-7-5-6-8-17(16)21-4-2/h5-11,15,20H,3-4H2,1-2H3. The van der Waals surface area contributed by atoms with Gasteiger partial charge in [0.1, 0.15) is 5.75 Å². The minimum Gasteiger partial charge on any atom is -0.492 e. The molecule has 0 bridgehead atoms. The zero-order valence-electron chi connectivity index (χ0n) is 12.2. The highest BCUT2D eigenvalue weighted by atomic mass is 35.5. The van der Waals surface area contributed by atoms with Gasteiger partial charge < -0.3 is 10.1 Å². The van der Waals surface area contributed by atoms with Crippen LogP contribution in [0.2, 0.25) is 10.0 Å². The van der Waals surface area contributed by atoms with E-state index in [0.717, 1.165) is 23.4 Å². The number of halogens is 2. The summed E-state index contributed by atoms with van der Waals surface area (Å²) in [5, 5.41) is 4.67. The molecular weight excluding hydrogens is 305 g/mol. The van der Waals surface area contributed by atoms with Gasteiger partial charge in [0.15, 0.2) is 0 Å². The zero-order valence-corrected chi connectivity index (χ0v) is 13.7. The first-order valence-electron chi connectivity index (χ1n) is 7.09. The average Bonchev–Trinajstić information content (AvgIpc) is 2.49. The highest BCUT2D eigenvalue weighted by Gasteiger charge is 2.13. The predicted octanol–water partition coefficient (Wildman–Crippen LogP) is 5.96. The Balaban J connectivity index is 2.24. The minimum absolute atomic E-state index is 0.154. The molecule has 0 saturated heterocycles.